The molecule has 9 nitrogen and oxygen atoms in total. The Hall–Kier alpha value is -4.37. The number of ether oxygens (including phenoxy) is 1. The first-order valence-corrected chi connectivity index (χ1v) is 10.8. The van der Waals surface area contributed by atoms with Gasteiger partial charge in [0.1, 0.15) is 6.17 Å². The van der Waals surface area contributed by atoms with E-state index in [2.05, 4.69) is 15.8 Å². The molecule has 1 aromatic heterocycles. The number of carbonyl (C=O) groups excluding carboxylic acids is 1. The molecule has 1 aliphatic rings. The largest absolute Gasteiger partial charge is 0.478 e. The number of amides is 1. The van der Waals surface area contributed by atoms with E-state index in [1.165, 1.54) is 0 Å². The predicted molar refractivity (Wildman–Crippen MR) is 124 cm³/mol. The van der Waals surface area contributed by atoms with Gasteiger partial charge in [0, 0.05) is 0 Å². The summed E-state index contributed by atoms with van der Waals surface area (Å²) in [6.07, 6.45) is -0.961. The smallest absolute Gasteiger partial charge is 0.427 e. The highest BCUT2D eigenvalue weighted by molar-refractivity contribution is 6.01. The number of nitrogens with zero attached hydrogens (tertiary/aromatic N) is 2. The van der Waals surface area contributed by atoms with Gasteiger partial charge >= 0.3 is 12.1 Å². The van der Waals surface area contributed by atoms with Gasteiger partial charge in [-0.1, -0.05) is 54.6 Å². The minimum Gasteiger partial charge on any atom is -0.478 e. The quantitative estimate of drug-likeness (QED) is 0.382. The number of benzene rings is 3. The Bertz CT molecular complexity index is 1380. The van der Waals surface area contributed by atoms with Gasteiger partial charge in [-0.25, -0.2) is 9.59 Å². The number of rotatable bonds is 7. The molecule has 0 bridgehead atoms. The fraction of sp³-hybridized carbons (Fsp3) is 0.160. The highest BCUT2D eigenvalue weighted by atomic mass is 16.7. The zero-order valence-electron chi connectivity index (χ0n) is 18.3. The standard InChI is InChI=1S/C25H22N4O5/c1-2-33-24-26-20-9-5-8-19(23(30)31)21(20)29(24)14-15-10-12-16(13-11-15)17-6-3-4-7-18(17)22-27-25(32)34-28-22/h3-13,22,28H,2,14H2,1H3,(H,27,32)(H,30,31). The molecule has 5 rings (SSSR count). The maximum atomic E-state index is 11.8. The van der Waals surface area contributed by atoms with Crippen molar-refractivity contribution in [2.24, 2.45) is 0 Å². The molecule has 1 saturated heterocycles. The number of hydrogen-bond donors (Lipinski definition) is 3. The summed E-state index contributed by atoms with van der Waals surface area (Å²) in [5.74, 6) is -1.02. The molecule has 9 heteroatoms. The number of aromatic nitrogens is 2. The Morgan fingerprint density at radius 3 is 2.62 bits per heavy atom. The van der Waals surface area contributed by atoms with Crippen molar-refractivity contribution in [3.8, 4) is 17.1 Å². The number of carbonyl (C=O) groups is 2. The van der Waals surface area contributed by atoms with E-state index in [1.807, 2.05) is 55.5 Å². The number of carboxylic acid groups (broad SMARTS) is 1. The molecule has 1 amide bonds. The maximum absolute atomic E-state index is 11.8. The number of imidazole rings is 1. The SMILES string of the molecule is CCOc1nc2cccc(C(=O)O)c2n1Cc1ccc(-c2ccccc2C2NOC(=O)N2)cc1. The second-order valence-corrected chi connectivity index (χ2v) is 7.76. The third kappa shape index (κ3) is 3.93. The van der Waals surface area contributed by atoms with Crippen LogP contribution in [0.15, 0.2) is 66.7 Å². The van der Waals surface area contributed by atoms with E-state index in [9.17, 15) is 14.7 Å². The lowest BCUT2D eigenvalue weighted by atomic mass is 9.97. The molecule has 0 radical (unpaired) electrons. The van der Waals surface area contributed by atoms with Gasteiger partial charge in [0.2, 0.25) is 0 Å². The average molecular weight is 458 g/mol. The number of carboxylic acids is 1. The van der Waals surface area contributed by atoms with Crippen LogP contribution in [0.1, 0.15) is 34.6 Å². The normalized spacial score (nSPS) is 15.2. The minimum atomic E-state index is -1.02. The second-order valence-electron chi connectivity index (χ2n) is 7.76. The summed E-state index contributed by atoms with van der Waals surface area (Å²) in [6, 6.07) is 21.1. The van der Waals surface area contributed by atoms with E-state index in [0.717, 1.165) is 22.3 Å². The number of para-hydroxylation sites is 1. The van der Waals surface area contributed by atoms with E-state index >= 15 is 0 Å². The van der Waals surface area contributed by atoms with Crippen molar-refractivity contribution >= 4 is 23.1 Å². The summed E-state index contributed by atoms with van der Waals surface area (Å²) in [7, 11) is 0. The van der Waals surface area contributed by atoms with E-state index < -0.39 is 18.2 Å². The maximum Gasteiger partial charge on any atom is 0.427 e. The summed E-state index contributed by atoms with van der Waals surface area (Å²) >= 11 is 0. The molecule has 3 N–H and O–H groups in total. The molecule has 1 atom stereocenters. The number of fused-ring (bicyclic) bond motifs is 1. The van der Waals surface area contributed by atoms with Crippen molar-refractivity contribution < 1.29 is 24.3 Å². The van der Waals surface area contributed by atoms with E-state index in [-0.39, 0.29) is 5.56 Å². The van der Waals surface area contributed by atoms with Crippen LogP contribution in [0.4, 0.5) is 4.79 Å². The number of nitrogens with one attached hydrogen (secondary N) is 2. The van der Waals surface area contributed by atoms with Gasteiger partial charge in [0.25, 0.3) is 6.01 Å². The Balaban J connectivity index is 1.49. The fourth-order valence-corrected chi connectivity index (χ4v) is 4.14. The van der Waals surface area contributed by atoms with Crippen LogP contribution in [0, 0.1) is 0 Å². The fourth-order valence-electron chi connectivity index (χ4n) is 4.14. The molecule has 0 saturated carbocycles. The van der Waals surface area contributed by atoms with Gasteiger partial charge in [-0.05, 0) is 41.3 Å². The van der Waals surface area contributed by atoms with Crippen LogP contribution in [-0.4, -0.2) is 33.3 Å². The van der Waals surface area contributed by atoms with E-state index in [1.54, 1.807) is 22.8 Å². The van der Waals surface area contributed by atoms with Crippen LogP contribution in [0.5, 0.6) is 6.01 Å². The monoisotopic (exact) mass is 458 g/mol. The van der Waals surface area contributed by atoms with Crippen molar-refractivity contribution in [2.75, 3.05) is 6.61 Å². The molecule has 2 heterocycles. The van der Waals surface area contributed by atoms with Crippen molar-refractivity contribution in [1.29, 1.82) is 0 Å². The van der Waals surface area contributed by atoms with E-state index in [0.29, 0.717) is 30.2 Å². The van der Waals surface area contributed by atoms with Gasteiger partial charge in [0.15, 0.2) is 0 Å². The average Bonchev–Trinajstić information content (AvgIpc) is 3.43. The molecule has 34 heavy (non-hydrogen) atoms. The van der Waals surface area contributed by atoms with Crippen molar-refractivity contribution in [1.82, 2.24) is 20.3 Å². The summed E-state index contributed by atoms with van der Waals surface area (Å²) in [6.45, 7) is 2.67. The molecular weight excluding hydrogens is 436 g/mol. The molecule has 4 aromatic rings. The van der Waals surface area contributed by atoms with Gasteiger partial charge in [-0.2, -0.15) is 4.98 Å². The second kappa shape index (κ2) is 8.87. The highest BCUT2D eigenvalue weighted by Gasteiger charge is 2.25. The summed E-state index contributed by atoms with van der Waals surface area (Å²) in [5, 5.41) is 12.4. The van der Waals surface area contributed by atoms with Crippen LogP contribution in [-0.2, 0) is 11.4 Å². The van der Waals surface area contributed by atoms with Gasteiger partial charge < -0.3 is 14.7 Å². The minimum absolute atomic E-state index is 0.176. The lowest BCUT2D eigenvalue weighted by Gasteiger charge is -2.15. The van der Waals surface area contributed by atoms with Crippen molar-refractivity contribution in [3.63, 3.8) is 0 Å². The topological polar surface area (TPSA) is 115 Å². The zero-order valence-corrected chi connectivity index (χ0v) is 18.3. The summed E-state index contributed by atoms with van der Waals surface area (Å²) in [5.41, 5.74) is 7.72. The number of hydrogen-bond acceptors (Lipinski definition) is 6. The Morgan fingerprint density at radius 2 is 1.91 bits per heavy atom. The Labute approximate surface area is 194 Å². The predicted octanol–water partition coefficient (Wildman–Crippen LogP) is 4.09. The van der Waals surface area contributed by atoms with E-state index in [4.69, 9.17) is 9.57 Å². The zero-order chi connectivity index (χ0) is 23.7. The molecule has 1 fully saturated rings. The number of aromatic carboxylic acids is 1. The molecule has 0 aliphatic carbocycles. The van der Waals surface area contributed by atoms with Gasteiger partial charge in [-0.15, -0.1) is 5.48 Å². The molecule has 172 valence electrons. The molecule has 1 unspecified atom stereocenters. The summed E-state index contributed by atoms with van der Waals surface area (Å²) < 4.78 is 7.50. The molecular formula is C25H22N4O5. The Morgan fingerprint density at radius 1 is 1.12 bits per heavy atom. The van der Waals surface area contributed by atoms with Crippen molar-refractivity contribution in [2.45, 2.75) is 19.6 Å². The Kier molecular flexibility index (Phi) is 5.60. The van der Waals surface area contributed by atoms with Crippen molar-refractivity contribution in [3.05, 3.63) is 83.4 Å². The van der Waals surface area contributed by atoms with Crippen LogP contribution in [0.25, 0.3) is 22.2 Å². The van der Waals surface area contributed by atoms with Gasteiger partial charge in [-0.3, -0.25) is 9.88 Å². The first-order chi connectivity index (χ1) is 16.5. The van der Waals surface area contributed by atoms with Crippen LogP contribution >= 0.6 is 0 Å². The van der Waals surface area contributed by atoms with Gasteiger partial charge in [0.05, 0.1) is 29.7 Å². The van der Waals surface area contributed by atoms with Crippen LogP contribution in [0.2, 0.25) is 0 Å². The molecule has 3 aromatic carbocycles. The van der Waals surface area contributed by atoms with Crippen LogP contribution < -0.4 is 15.5 Å². The molecule has 0 spiro atoms. The first kappa shape index (κ1) is 21.5. The number of hydroxylamine groups is 1. The highest BCUT2D eigenvalue weighted by Crippen LogP contribution is 2.30. The van der Waals surface area contributed by atoms with Crippen LogP contribution in [0.3, 0.4) is 0 Å². The summed E-state index contributed by atoms with van der Waals surface area (Å²) in [4.78, 5) is 32.6. The third-order valence-corrected chi connectivity index (χ3v) is 5.64. The molecule has 1 aliphatic heterocycles. The lowest BCUT2D eigenvalue weighted by Crippen LogP contribution is -2.22. The third-order valence-electron chi connectivity index (χ3n) is 5.64. The first-order valence-electron chi connectivity index (χ1n) is 10.8. The lowest BCUT2D eigenvalue weighted by molar-refractivity contribution is 0.0698.